The van der Waals surface area contributed by atoms with Crippen LogP contribution in [-0.2, 0) is 20.9 Å². The Morgan fingerprint density at radius 2 is 1.70 bits per heavy atom. The van der Waals surface area contributed by atoms with E-state index in [1.165, 1.54) is 13.2 Å². The van der Waals surface area contributed by atoms with Crippen molar-refractivity contribution >= 4 is 23.9 Å². The molecule has 0 unspecified atom stereocenters. The van der Waals surface area contributed by atoms with Crippen molar-refractivity contribution in [3.05, 3.63) is 95.2 Å². The van der Waals surface area contributed by atoms with E-state index >= 15 is 0 Å². The van der Waals surface area contributed by atoms with Gasteiger partial charge >= 0.3 is 5.97 Å². The molecule has 9 nitrogen and oxygen atoms in total. The van der Waals surface area contributed by atoms with Crippen molar-refractivity contribution in [1.82, 2.24) is 10.6 Å². The highest BCUT2D eigenvalue weighted by Gasteiger charge is 2.19. The number of methoxy groups -OCH3 is 1. The van der Waals surface area contributed by atoms with Crippen LogP contribution in [0.1, 0.15) is 27.9 Å². The molecule has 0 aliphatic carbocycles. The first kappa shape index (κ1) is 25.3. The Morgan fingerprint density at radius 3 is 2.51 bits per heavy atom. The van der Waals surface area contributed by atoms with E-state index in [2.05, 4.69) is 10.6 Å². The second kappa shape index (κ2) is 12.3. The summed E-state index contributed by atoms with van der Waals surface area (Å²) in [5, 5.41) is 5.31. The average molecular weight is 503 g/mol. The number of carbonyl (C=O) groups excluding carboxylic acids is 3. The molecule has 190 valence electrons. The van der Waals surface area contributed by atoms with Gasteiger partial charge in [0.15, 0.2) is 11.5 Å². The summed E-state index contributed by atoms with van der Waals surface area (Å²) < 4.78 is 21.2. The van der Waals surface area contributed by atoms with Gasteiger partial charge in [0.1, 0.15) is 18.1 Å². The average Bonchev–Trinajstić information content (AvgIpc) is 3.40. The number of benzene rings is 3. The molecule has 0 saturated heterocycles. The van der Waals surface area contributed by atoms with Crippen molar-refractivity contribution in [2.24, 2.45) is 0 Å². The summed E-state index contributed by atoms with van der Waals surface area (Å²) in [6.45, 7) is 0.286. The Balaban J connectivity index is 1.43. The largest absolute Gasteiger partial charge is 0.496 e. The number of esters is 1. The molecule has 0 radical (unpaired) electrons. The Labute approximate surface area is 214 Å². The van der Waals surface area contributed by atoms with Crippen LogP contribution in [0.2, 0.25) is 0 Å². The normalized spacial score (nSPS) is 12.0. The van der Waals surface area contributed by atoms with Gasteiger partial charge in [0, 0.05) is 6.54 Å². The van der Waals surface area contributed by atoms with Gasteiger partial charge in [-0.05, 0) is 41.5 Å². The van der Waals surface area contributed by atoms with E-state index in [1.54, 1.807) is 42.5 Å². The first-order valence-electron chi connectivity index (χ1n) is 11.6. The number of hydrogen-bond donors (Lipinski definition) is 2. The lowest BCUT2D eigenvalue weighted by atomic mass is 10.1. The molecular formula is C28H26N2O7. The predicted octanol–water partition coefficient (Wildman–Crippen LogP) is 3.44. The monoisotopic (exact) mass is 502 g/mol. The molecule has 3 aromatic carbocycles. The fourth-order valence-corrected chi connectivity index (χ4v) is 3.53. The molecule has 1 aliphatic rings. The number of amides is 2. The molecule has 0 bridgehead atoms. The summed E-state index contributed by atoms with van der Waals surface area (Å²) in [5.41, 5.74) is 1.72. The minimum atomic E-state index is -0.572. The summed E-state index contributed by atoms with van der Waals surface area (Å²) in [4.78, 5) is 38.1. The first-order chi connectivity index (χ1) is 18.0. The van der Waals surface area contributed by atoms with Gasteiger partial charge in [0.2, 0.25) is 6.79 Å². The number of para-hydroxylation sites is 1. The molecule has 2 N–H and O–H groups in total. The van der Waals surface area contributed by atoms with Crippen molar-refractivity contribution < 1.29 is 33.3 Å². The Bertz CT molecular complexity index is 1300. The molecule has 3 aromatic rings. The molecule has 4 rings (SSSR count). The Hall–Kier alpha value is -4.79. The highest BCUT2D eigenvalue weighted by atomic mass is 16.7. The molecule has 1 aliphatic heterocycles. The lowest BCUT2D eigenvalue weighted by Crippen LogP contribution is -2.36. The number of rotatable bonds is 10. The topological polar surface area (TPSA) is 112 Å². The van der Waals surface area contributed by atoms with Crippen LogP contribution >= 0.6 is 0 Å². The third-order valence-corrected chi connectivity index (χ3v) is 5.41. The molecule has 0 spiro atoms. The first-order valence-corrected chi connectivity index (χ1v) is 11.6. The van der Waals surface area contributed by atoms with Crippen LogP contribution in [-0.4, -0.2) is 38.2 Å². The SMILES string of the molecule is COc1ccccc1C(=O)N/C(=C/c1ccc2c(c1)OCO2)C(=O)NCCC(=O)OCc1ccccc1. The van der Waals surface area contributed by atoms with Crippen LogP contribution in [0.15, 0.2) is 78.5 Å². The maximum atomic E-state index is 13.0. The molecule has 1 heterocycles. The van der Waals surface area contributed by atoms with Gasteiger partial charge in [-0.25, -0.2) is 0 Å². The summed E-state index contributed by atoms with van der Waals surface area (Å²) in [7, 11) is 1.46. The van der Waals surface area contributed by atoms with Crippen molar-refractivity contribution in [3.8, 4) is 17.2 Å². The van der Waals surface area contributed by atoms with Gasteiger partial charge in [0.25, 0.3) is 11.8 Å². The van der Waals surface area contributed by atoms with Crippen molar-refractivity contribution in [1.29, 1.82) is 0 Å². The predicted molar refractivity (Wildman–Crippen MR) is 135 cm³/mol. The van der Waals surface area contributed by atoms with Gasteiger partial charge in [-0.2, -0.15) is 0 Å². The fourth-order valence-electron chi connectivity index (χ4n) is 3.53. The molecule has 0 saturated carbocycles. The molecule has 0 atom stereocenters. The molecular weight excluding hydrogens is 476 g/mol. The zero-order chi connectivity index (χ0) is 26.0. The fraction of sp³-hybridized carbons (Fsp3) is 0.179. The van der Waals surface area contributed by atoms with Gasteiger partial charge in [-0.3, -0.25) is 14.4 Å². The van der Waals surface area contributed by atoms with Gasteiger partial charge < -0.3 is 29.6 Å². The minimum absolute atomic E-state index is 0.0209. The van der Waals surface area contributed by atoms with Gasteiger partial charge in [0.05, 0.1) is 19.1 Å². The number of nitrogens with one attached hydrogen (secondary N) is 2. The Kier molecular flexibility index (Phi) is 8.38. The molecule has 37 heavy (non-hydrogen) atoms. The second-order valence-corrected chi connectivity index (χ2v) is 7.98. The molecule has 2 amide bonds. The van der Waals surface area contributed by atoms with E-state index < -0.39 is 17.8 Å². The lowest BCUT2D eigenvalue weighted by Gasteiger charge is -2.13. The van der Waals surface area contributed by atoms with Gasteiger partial charge in [-0.1, -0.05) is 48.5 Å². The summed E-state index contributed by atoms with van der Waals surface area (Å²) in [6, 6.07) is 21.1. The molecule has 0 aromatic heterocycles. The number of fused-ring (bicyclic) bond motifs is 1. The maximum Gasteiger partial charge on any atom is 0.307 e. The van der Waals surface area contributed by atoms with Crippen molar-refractivity contribution in [2.75, 3.05) is 20.4 Å². The smallest absolute Gasteiger partial charge is 0.307 e. The highest BCUT2D eigenvalue weighted by Crippen LogP contribution is 2.33. The second-order valence-electron chi connectivity index (χ2n) is 7.98. The van der Waals surface area contributed by atoms with Gasteiger partial charge in [-0.15, -0.1) is 0 Å². The number of hydrogen-bond acceptors (Lipinski definition) is 7. The van der Waals surface area contributed by atoms with E-state index in [0.29, 0.717) is 22.8 Å². The molecule has 9 heteroatoms. The number of ether oxygens (including phenoxy) is 4. The van der Waals surface area contributed by atoms with E-state index in [1.807, 2.05) is 30.3 Å². The summed E-state index contributed by atoms with van der Waals surface area (Å²) >= 11 is 0. The van der Waals surface area contributed by atoms with Crippen LogP contribution in [0.5, 0.6) is 17.2 Å². The van der Waals surface area contributed by atoms with Crippen LogP contribution < -0.4 is 24.8 Å². The zero-order valence-corrected chi connectivity index (χ0v) is 20.2. The third-order valence-electron chi connectivity index (χ3n) is 5.41. The standard InChI is InChI=1S/C28H26N2O7/c1-34-23-10-6-5-9-21(23)27(32)30-22(15-20-11-12-24-25(16-20)37-18-36-24)28(33)29-14-13-26(31)35-17-19-7-3-2-4-8-19/h2-12,15-16H,13-14,17-18H2,1H3,(H,29,33)(H,30,32)/b22-15+. The molecule has 0 fully saturated rings. The Morgan fingerprint density at radius 1 is 0.946 bits per heavy atom. The third kappa shape index (κ3) is 6.88. The summed E-state index contributed by atoms with van der Waals surface area (Å²) in [5.74, 6) is -0.0629. The van der Waals surface area contributed by atoms with E-state index in [0.717, 1.165) is 5.56 Å². The van der Waals surface area contributed by atoms with Crippen molar-refractivity contribution in [2.45, 2.75) is 13.0 Å². The maximum absolute atomic E-state index is 13.0. The van der Waals surface area contributed by atoms with E-state index in [-0.39, 0.29) is 37.6 Å². The van der Waals surface area contributed by atoms with Crippen LogP contribution in [0.4, 0.5) is 0 Å². The quantitative estimate of drug-likeness (QED) is 0.323. The minimum Gasteiger partial charge on any atom is -0.496 e. The lowest BCUT2D eigenvalue weighted by molar-refractivity contribution is -0.144. The van der Waals surface area contributed by atoms with Crippen molar-refractivity contribution in [3.63, 3.8) is 0 Å². The van der Waals surface area contributed by atoms with Crippen LogP contribution in [0, 0.1) is 0 Å². The number of carbonyl (C=O) groups is 3. The summed E-state index contributed by atoms with van der Waals surface area (Å²) in [6.07, 6.45) is 1.48. The van der Waals surface area contributed by atoms with Crippen LogP contribution in [0.25, 0.3) is 6.08 Å². The van der Waals surface area contributed by atoms with Crippen LogP contribution in [0.3, 0.4) is 0 Å². The highest BCUT2D eigenvalue weighted by molar-refractivity contribution is 6.06. The van der Waals surface area contributed by atoms with E-state index in [4.69, 9.17) is 18.9 Å². The zero-order valence-electron chi connectivity index (χ0n) is 20.2. The van der Waals surface area contributed by atoms with E-state index in [9.17, 15) is 14.4 Å².